The zero-order valence-electron chi connectivity index (χ0n) is 13.8. The molecule has 124 valence electrons. The fraction of sp³-hybridized carbons (Fsp3) is 0.111. The Labute approximate surface area is 148 Å². The molecule has 0 amide bonds. The lowest BCUT2D eigenvalue weighted by molar-refractivity contribution is 1.03. The Hall–Kier alpha value is -3.06. The van der Waals surface area contributed by atoms with Crippen LogP contribution in [0.15, 0.2) is 53.1 Å². The minimum absolute atomic E-state index is 0.487. The number of hydrogen-bond acceptors (Lipinski definition) is 6. The summed E-state index contributed by atoms with van der Waals surface area (Å²) >= 11 is 1.60. The Morgan fingerprint density at radius 3 is 2.60 bits per heavy atom. The number of aryl methyl sites for hydroxylation is 2. The second-order valence-corrected chi connectivity index (χ2v) is 6.48. The standard InChI is InChI=1S/C18H16N6S/c1-12-10-13(2)21-17(20-12)23-19-11-15-16(14-6-4-3-5-7-14)22-18-24(15)8-9-25-18/h3-11H,1-2H3,(H,20,21,23)/b19-11+. The van der Waals surface area contributed by atoms with Gasteiger partial charge < -0.3 is 0 Å². The molecule has 4 aromatic rings. The van der Waals surface area contributed by atoms with E-state index in [1.165, 1.54) is 0 Å². The lowest BCUT2D eigenvalue weighted by Crippen LogP contribution is -2.00. The zero-order valence-corrected chi connectivity index (χ0v) is 14.7. The highest BCUT2D eigenvalue weighted by molar-refractivity contribution is 7.15. The zero-order chi connectivity index (χ0) is 17.2. The van der Waals surface area contributed by atoms with Crippen molar-refractivity contribution in [3.8, 4) is 11.3 Å². The number of hydrazone groups is 1. The summed E-state index contributed by atoms with van der Waals surface area (Å²) in [4.78, 5) is 14.3. The summed E-state index contributed by atoms with van der Waals surface area (Å²) in [6, 6.07) is 12.0. The van der Waals surface area contributed by atoms with Gasteiger partial charge in [-0.1, -0.05) is 30.3 Å². The first-order valence-corrected chi connectivity index (χ1v) is 8.71. The molecule has 1 aromatic carbocycles. The number of thiazole rings is 1. The highest BCUT2D eigenvalue weighted by Crippen LogP contribution is 2.25. The first kappa shape index (κ1) is 15.5. The van der Waals surface area contributed by atoms with Gasteiger partial charge in [0.2, 0.25) is 5.95 Å². The fourth-order valence-electron chi connectivity index (χ4n) is 2.66. The third-order valence-electron chi connectivity index (χ3n) is 3.68. The van der Waals surface area contributed by atoms with Crippen molar-refractivity contribution < 1.29 is 0 Å². The van der Waals surface area contributed by atoms with Crippen LogP contribution in [0.2, 0.25) is 0 Å². The maximum absolute atomic E-state index is 4.73. The molecular formula is C18H16N6S. The minimum Gasteiger partial charge on any atom is -0.289 e. The normalized spacial score (nSPS) is 11.4. The van der Waals surface area contributed by atoms with Crippen molar-refractivity contribution in [2.45, 2.75) is 13.8 Å². The molecule has 25 heavy (non-hydrogen) atoms. The number of anilines is 1. The number of rotatable bonds is 4. The summed E-state index contributed by atoms with van der Waals surface area (Å²) in [6.45, 7) is 3.87. The predicted octanol–water partition coefficient (Wildman–Crippen LogP) is 3.92. The van der Waals surface area contributed by atoms with Crippen molar-refractivity contribution >= 4 is 28.5 Å². The van der Waals surface area contributed by atoms with Crippen molar-refractivity contribution in [2.75, 3.05) is 5.43 Å². The third-order valence-corrected chi connectivity index (χ3v) is 4.44. The highest BCUT2D eigenvalue weighted by Gasteiger charge is 2.13. The van der Waals surface area contributed by atoms with Crippen LogP contribution in [-0.4, -0.2) is 25.6 Å². The van der Waals surface area contributed by atoms with Gasteiger partial charge in [-0.3, -0.25) is 4.40 Å². The molecule has 0 saturated heterocycles. The monoisotopic (exact) mass is 348 g/mol. The fourth-order valence-corrected chi connectivity index (χ4v) is 3.38. The van der Waals surface area contributed by atoms with Crippen LogP contribution in [0.3, 0.4) is 0 Å². The number of nitrogens with one attached hydrogen (secondary N) is 1. The second-order valence-electron chi connectivity index (χ2n) is 5.61. The van der Waals surface area contributed by atoms with Gasteiger partial charge in [-0.25, -0.2) is 20.4 Å². The van der Waals surface area contributed by atoms with E-state index in [0.29, 0.717) is 5.95 Å². The van der Waals surface area contributed by atoms with E-state index in [0.717, 1.165) is 33.3 Å². The molecule has 0 atom stereocenters. The molecule has 4 rings (SSSR count). The van der Waals surface area contributed by atoms with Crippen LogP contribution in [0.25, 0.3) is 16.2 Å². The van der Waals surface area contributed by atoms with E-state index in [1.54, 1.807) is 17.6 Å². The second kappa shape index (κ2) is 6.45. The minimum atomic E-state index is 0.487. The number of hydrogen-bond donors (Lipinski definition) is 1. The van der Waals surface area contributed by atoms with E-state index < -0.39 is 0 Å². The molecule has 0 fully saturated rings. The Morgan fingerprint density at radius 1 is 1.08 bits per heavy atom. The third kappa shape index (κ3) is 3.14. The molecule has 3 aromatic heterocycles. The molecule has 7 heteroatoms. The quantitative estimate of drug-likeness (QED) is 0.448. The molecule has 0 unspecified atom stereocenters. The van der Waals surface area contributed by atoms with E-state index in [2.05, 4.69) is 20.5 Å². The molecule has 6 nitrogen and oxygen atoms in total. The van der Waals surface area contributed by atoms with Crippen LogP contribution in [0.4, 0.5) is 5.95 Å². The van der Waals surface area contributed by atoms with Gasteiger partial charge in [-0.05, 0) is 19.9 Å². The molecule has 3 heterocycles. The van der Waals surface area contributed by atoms with E-state index in [1.807, 2.05) is 66.2 Å². The first-order chi connectivity index (χ1) is 12.2. The molecule has 0 aliphatic heterocycles. The lowest BCUT2D eigenvalue weighted by Gasteiger charge is -2.02. The van der Waals surface area contributed by atoms with Crippen molar-refractivity contribution in [1.29, 1.82) is 0 Å². The van der Waals surface area contributed by atoms with Gasteiger partial charge in [-0.2, -0.15) is 5.10 Å². The summed E-state index contributed by atoms with van der Waals surface area (Å²) in [6.07, 6.45) is 3.75. The Morgan fingerprint density at radius 2 is 1.84 bits per heavy atom. The molecule has 1 N–H and O–H groups in total. The molecule has 0 radical (unpaired) electrons. The lowest BCUT2D eigenvalue weighted by atomic mass is 10.1. The van der Waals surface area contributed by atoms with E-state index in [-0.39, 0.29) is 0 Å². The van der Waals surface area contributed by atoms with Crippen molar-refractivity contribution in [1.82, 2.24) is 19.4 Å². The number of nitrogens with zero attached hydrogens (tertiary/aromatic N) is 5. The van der Waals surface area contributed by atoms with Crippen LogP contribution in [0.1, 0.15) is 17.1 Å². The van der Waals surface area contributed by atoms with E-state index >= 15 is 0 Å². The average molecular weight is 348 g/mol. The summed E-state index contributed by atoms with van der Waals surface area (Å²) in [5.74, 6) is 0.487. The summed E-state index contributed by atoms with van der Waals surface area (Å²) in [5.41, 5.74) is 7.59. The Bertz CT molecular complexity index is 1030. The Balaban J connectivity index is 1.69. The van der Waals surface area contributed by atoms with Gasteiger partial charge in [0.05, 0.1) is 17.6 Å². The molecular weight excluding hydrogens is 332 g/mol. The van der Waals surface area contributed by atoms with E-state index in [4.69, 9.17) is 4.98 Å². The van der Waals surface area contributed by atoms with Crippen LogP contribution >= 0.6 is 11.3 Å². The maximum atomic E-state index is 4.73. The number of aromatic nitrogens is 4. The predicted molar refractivity (Wildman–Crippen MR) is 101 cm³/mol. The molecule has 0 spiro atoms. The van der Waals surface area contributed by atoms with Crippen molar-refractivity contribution in [3.63, 3.8) is 0 Å². The average Bonchev–Trinajstić information content (AvgIpc) is 3.17. The summed E-state index contributed by atoms with van der Waals surface area (Å²) in [5, 5.41) is 6.33. The number of imidazole rings is 1. The SMILES string of the molecule is Cc1cc(C)nc(N/N=C/c2c(-c3ccccc3)nc3sccn23)n1. The van der Waals surface area contributed by atoms with Crippen LogP contribution in [0, 0.1) is 13.8 Å². The van der Waals surface area contributed by atoms with Gasteiger partial charge in [0, 0.05) is 28.5 Å². The smallest absolute Gasteiger partial charge is 0.243 e. The van der Waals surface area contributed by atoms with E-state index in [9.17, 15) is 0 Å². The van der Waals surface area contributed by atoms with Gasteiger partial charge in [0.15, 0.2) is 4.96 Å². The molecule has 0 aliphatic rings. The van der Waals surface area contributed by atoms with Crippen molar-refractivity contribution in [2.24, 2.45) is 5.10 Å². The topological polar surface area (TPSA) is 67.5 Å². The van der Waals surface area contributed by atoms with Crippen molar-refractivity contribution in [3.05, 3.63) is 65.1 Å². The van der Waals surface area contributed by atoms with Crippen LogP contribution < -0.4 is 5.43 Å². The highest BCUT2D eigenvalue weighted by atomic mass is 32.1. The number of benzene rings is 1. The Kier molecular flexibility index (Phi) is 3.99. The van der Waals surface area contributed by atoms with Gasteiger partial charge in [-0.15, -0.1) is 11.3 Å². The van der Waals surface area contributed by atoms with Gasteiger partial charge in [0.25, 0.3) is 0 Å². The maximum Gasteiger partial charge on any atom is 0.243 e. The first-order valence-electron chi connectivity index (χ1n) is 7.83. The van der Waals surface area contributed by atoms with Gasteiger partial charge >= 0.3 is 0 Å². The summed E-state index contributed by atoms with van der Waals surface area (Å²) < 4.78 is 2.03. The largest absolute Gasteiger partial charge is 0.289 e. The summed E-state index contributed by atoms with van der Waals surface area (Å²) in [7, 11) is 0. The number of fused-ring (bicyclic) bond motifs is 1. The molecule has 0 bridgehead atoms. The molecule has 0 aliphatic carbocycles. The van der Waals surface area contributed by atoms with Gasteiger partial charge in [0.1, 0.15) is 0 Å². The van der Waals surface area contributed by atoms with Crippen LogP contribution in [0.5, 0.6) is 0 Å². The van der Waals surface area contributed by atoms with Crippen LogP contribution in [-0.2, 0) is 0 Å². The molecule has 0 saturated carbocycles.